The van der Waals surface area contributed by atoms with Crippen molar-refractivity contribution >= 4 is 23.1 Å². The van der Waals surface area contributed by atoms with Crippen LogP contribution >= 0.6 is 11.6 Å². The van der Waals surface area contributed by atoms with Crippen LogP contribution in [0, 0.1) is 5.82 Å². The van der Waals surface area contributed by atoms with Gasteiger partial charge in [0.2, 0.25) is 0 Å². The number of hydrogen-bond acceptors (Lipinski definition) is 2. The molecule has 0 amide bonds. The van der Waals surface area contributed by atoms with E-state index >= 15 is 0 Å². The number of ketones is 1. The van der Waals surface area contributed by atoms with Gasteiger partial charge < -0.3 is 4.90 Å². The van der Waals surface area contributed by atoms with Crippen LogP contribution in [0.2, 0.25) is 5.02 Å². The summed E-state index contributed by atoms with van der Waals surface area (Å²) in [5, 5.41) is 0.653. The molecule has 0 bridgehead atoms. The predicted octanol–water partition coefficient (Wildman–Crippen LogP) is 4.32. The number of carbonyl (C=O) groups excluding carboxylic acids is 1. The van der Waals surface area contributed by atoms with Gasteiger partial charge in [0.15, 0.2) is 5.78 Å². The summed E-state index contributed by atoms with van der Waals surface area (Å²) in [5.41, 5.74) is 1.74. The van der Waals surface area contributed by atoms with Crippen molar-refractivity contribution in [1.82, 2.24) is 0 Å². The van der Waals surface area contributed by atoms with Crippen LogP contribution in [0.15, 0.2) is 42.5 Å². The lowest BCUT2D eigenvalue weighted by Crippen LogP contribution is -2.18. The second-order valence-corrected chi connectivity index (χ2v) is 5.08. The van der Waals surface area contributed by atoms with Crippen molar-refractivity contribution in [3.63, 3.8) is 0 Å². The third-order valence-corrected chi connectivity index (χ3v) is 3.50. The normalized spacial score (nSPS) is 10.4. The summed E-state index contributed by atoms with van der Waals surface area (Å²) in [6.07, 6.45) is 0. The number of rotatable bonds is 4. The molecule has 4 heteroatoms. The molecule has 0 atom stereocenters. The highest BCUT2D eigenvalue weighted by atomic mass is 35.5. The molecule has 0 aromatic heterocycles. The Morgan fingerprint density at radius 2 is 1.95 bits per heavy atom. The molecule has 2 rings (SSSR count). The molecule has 2 nitrogen and oxygen atoms in total. The Bertz CT molecular complexity index is 642. The topological polar surface area (TPSA) is 20.3 Å². The summed E-state index contributed by atoms with van der Waals surface area (Å²) < 4.78 is 14.0. The molecule has 0 saturated carbocycles. The average molecular weight is 292 g/mol. The summed E-state index contributed by atoms with van der Waals surface area (Å²) in [5.74, 6) is -0.559. The van der Waals surface area contributed by atoms with Crippen LogP contribution in [0.25, 0.3) is 0 Å². The molecule has 0 aliphatic heterocycles. The lowest BCUT2D eigenvalue weighted by molar-refractivity contribution is 0.101. The highest BCUT2D eigenvalue weighted by Crippen LogP contribution is 2.23. The predicted molar refractivity (Wildman–Crippen MR) is 80.0 cm³/mol. The minimum absolute atomic E-state index is 0.149. The Balaban J connectivity index is 2.23. The van der Waals surface area contributed by atoms with Gasteiger partial charge in [-0.2, -0.15) is 0 Å². The number of nitrogens with zero attached hydrogens (tertiary/aromatic N) is 1. The molecular formula is C16H15ClFNO. The Hall–Kier alpha value is -1.87. The number of anilines is 1. The van der Waals surface area contributed by atoms with Crippen LogP contribution in [0.5, 0.6) is 0 Å². The first-order valence-electron chi connectivity index (χ1n) is 6.24. The summed E-state index contributed by atoms with van der Waals surface area (Å²) in [4.78, 5) is 13.0. The van der Waals surface area contributed by atoms with Crippen LogP contribution in [-0.4, -0.2) is 12.8 Å². The molecule has 104 valence electrons. The zero-order valence-corrected chi connectivity index (χ0v) is 12.1. The third kappa shape index (κ3) is 3.17. The molecule has 20 heavy (non-hydrogen) atoms. The van der Waals surface area contributed by atoms with Gasteiger partial charge in [0.25, 0.3) is 0 Å². The summed E-state index contributed by atoms with van der Waals surface area (Å²) in [6, 6.07) is 12.0. The molecular weight excluding hydrogens is 277 g/mol. The van der Waals surface area contributed by atoms with Crippen molar-refractivity contribution in [2.24, 2.45) is 0 Å². The molecule has 2 aromatic rings. The van der Waals surface area contributed by atoms with Crippen LogP contribution in [-0.2, 0) is 6.54 Å². The molecule has 0 aliphatic rings. The third-order valence-electron chi connectivity index (χ3n) is 3.13. The second-order valence-electron chi connectivity index (χ2n) is 4.67. The minimum atomic E-state index is -0.410. The summed E-state index contributed by atoms with van der Waals surface area (Å²) >= 11 is 6.10. The number of halogens is 2. The van der Waals surface area contributed by atoms with Crippen molar-refractivity contribution in [3.8, 4) is 0 Å². The first kappa shape index (κ1) is 14.5. The van der Waals surface area contributed by atoms with Crippen molar-refractivity contribution in [3.05, 3.63) is 64.4 Å². The van der Waals surface area contributed by atoms with Gasteiger partial charge in [-0.1, -0.05) is 29.8 Å². The summed E-state index contributed by atoms with van der Waals surface area (Å²) in [6.45, 7) is 1.91. The maximum atomic E-state index is 14.0. The Kier molecular flexibility index (Phi) is 4.40. The molecule has 2 aromatic carbocycles. The van der Waals surface area contributed by atoms with Gasteiger partial charge >= 0.3 is 0 Å². The molecule has 0 spiro atoms. The van der Waals surface area contributed by atoms with Gasteiger partial charge in [-0.3, -0.25) is 4.79 Å². The zero-order valence-electron chi connectivity index (χ0n) is 11.4. The zero-order chi connectivity index (χ0) is 14.7. The lowest BCUT2D eigenvalue weighted by atomic mass is 10.1. The van der Waals surface area contributed by atoms with E-state index in [1.165, 1.54) is 13.0 Å². The number of carbonyl (C=O) groups is 1. The van der Waals surface area contributed by atoms with E-state index in [0.29, 0.717) is 22.8 Å². The van der Waals surface area contributed by atoms with E-state index in [1.54, 1.807) is 30.1 Å². The highest BCUT2D eigenvalue weighted by Gasteiger charge is 2.11. The van der Waals surface area contributed by atoms with Gasteiger partial charge in [0, 0.05) is 24.2 Å². The molecule has 0 radical (unpaired) electrons. The van der Waals surface area contributed by atoms with E-state index < -0.39 is 5.82 Å². The van der Waals surface area contributed by atoms with E-state index in [4.69, 9.17) is 11.6 Å². The standard InChI is InChI=1S/C16H15ClFNO/c1-11(20)12-7-8-16(15(18)9-12)19(2)10-13-5-3-4-6-14(13)17/h3-9H,10H2,1-2H3. The molecule has 0 fully saturated rings. The number of Topliss-reactive ketones (excluding diaryl/α,β-unsaturated/α-hetero) is 1. The maximum absolute atomic E-state index is 14.0. The van der Waals surface area contributed by atoms with Crippen molar-refractivity contribution in [2.45, 2.75) is 13.5 Å². The van der Waals surface area contributed by atoms with Crippen molar-refractivity contribution in [1.29, 1.82) is 0 Å². The van der Waals surface area contributed by atoms with Gasteiger partial charge in [-0.15, -0.1) is 0 Å². The number of hydrogen-bond donors (Lipinski definition) is 0. The summed E-state index contributed by atoms with van der Waals surface area (Å²) in [7, 11) is 1.79. The van der Waals surface area contributed by atoms with Gasteiger partial charge in [0.1, 0.15) is 5.82 Å². The minimum Gasteiger partial charge on any atom is -0.368 e. The Morgan fingerprint density at radius 1 is 1.25 bits per heavy atom. The largest absolute Gasteiger partial charge is 0.368 e. The smallest absolute Gasteiger partial charge is 0.159 e. The molecule has 0 saturated heterocycles. The van der Waals surface area contributed by atoms with E-state index in [1.807, 2.05) is 18.2 Å². The van der Waals surface area contributed by atoms with E-state index in [9.17, 15) is 9.18 Å². The fourth-order valence-corrected chi connectivity index (χ4v) is 2.20. The Morgan fingerprint density at radius 3 is 2.55 bits per heavy atom. The van der Waals surface area contributed by atoms with Crippen molar-refractivity contribution < 1.29 is 9.18 Å². The average Bonchev–Trinajstić information content (AvgIpc) is 2.41. The second kappa shape index (κ2) is 6.06. The molecule has 0 unspecified atom stereocenters. The first-order chi connectivity index (χ1) is 9.49. The molecule has 0 N–H and O–H groups in total. The van der Waals surface area contributed by atoms with E-state index in [-0.39, 0.29) is 5.78 Å². The van der Waals surface area contributed by atoms with E-state index in [2.05, 4.69) is 0 Å². The van der Waals surface area contributed by atoms with Crippen LogP contribution in [0.3, 0.4) is 0 Å². The fourth-order valence-electron chi connectivity index (χ4n) is 2.00. The molecule has 0 heterocycles. The SMILES string of the molecule is CC(=O)c1ccc(N(C)Cc2ccccc2Cl)c(F)c1. The monoisotopic (exact) mass is 291 g/mol. The fraction of sp³-hybridized carbons (Fsp3) is 0.188. The lowest BCUT2D eigenvalue weighted by Gasteiger charge is -2.21. The first-order valence-corrected chi connectivity index (χ1v) is 6.62. The van der Waals surface area contributed by atoms with Gasteiger partial charge in [-0.05, 0) is 36.8 Å². The Labute approximate surface area is 122 Å². The maximum Gasteiger partial charge on any atom is 0.159 e. The van der Waals surface area contributed by atoms with Crippen molar-refractivity contribution in [2.75, 3.05) is 11.9 Å². The highest BCUT2D eigenvalue weighted by molar-refractivity contribution is 6.31. The molecule has 0 aliphatic carbocycles. The van der Waals surface area contributed by atoms with Gasteiger partial charge in [-0.25, -0.2) is 4.39 Å². The number of benzene rings is 2. The van der Waals surface area contributed by atoms with Gasteiger partial charge in [0.05, 0.1) is 5.69 Å². The van der Waals surface area contributed by atoms with E-state index in [0.717, 1.165) is 5.56 Å². The van der Waals surface area contributed by atoms with Crippen LogP contribution < -0.4 is 4.90 Å². The quantitative estimate of drug-likeness (QED) is 0.782. The van der Waals surface area contributed by atoms with Crippen LogP contribution in [0.1, 0.15) is 22.8 Å². The van der Waals surface area contributed by atoms with Crippen LogP contribution in [0.4, 0.5) is 10.1 Å².